The van der Waals surface area contributed by atoms with E-state index in [1.54, 1.807) is 12.1 Å². The van der Waals surface area contributed by atoms with Crippen LogP contribution in [0.3, 0.4) is 0 Å². The van der Waals surface area contributed by atoms with E-state index in [4.69, 9.17) is 5.26 Å². The van der Waals surface area contributed by atoms with Crippen LogP contribution in [0, 0.1) is 17.2 Å². The van der Waals surface area contributed by atoms with Crippen LogP contribution in [-0.2, 0) is 22.9 Å². The van der Waals surface area contributed by atoms with Crippen molar-refractivity contribution in [3.63, 3.8) is 0 Å². The highest BCUT2D eigenvalue weighted by Gasteiger charge is 2.23. The lowest BCUT2D eigenvalue weighted by Gasteiger charge is -2.18. The number of hydrogen-bond acceptors (Lipinski definition) is 3. The first-order chi connectivity index (χ1) is 9.44. The molecule has 0 amide bonds. The van der Waals surface area contributed by atoms with E-state index in [9.17, 15) is 8.42 Å². The van der Waals surface area contributed by atoms with Crippen molar-refractivity contribution in [2.24, 2.45) is 5.92 Å². The molecular weight excluding hydrogens is 272 g/mol. The molecule has 1 N–H and O–H groups in total. The van der Waals surface area contributed by atoms with E-state index in [0.29, 0.717) is 0 Å². The van der Waals surface area contributed by atoms with E-state index in [0.717, 1.165) is 24.8 Å². The summed E-state index contributed by atoms with van der Waals surface area (Å²) >= 11 is 0. The summed E-state index contributed by atoms with van der Waals surface area (Å²) < 4.78 is 27.1. The Hall–Kier alpha value is -1.38. The van der Waals surface area contributed by atoms with E-state index >= 15 is 0 Å². The van der Waals surface area contributed by atoms with Gasteiger partial charge in [-0.25, -0.2) is 8.42 Å². The second-order valence-corrected chi connectivity index (χ2v) is 7.32. The maximum Gasteiger partial charge on any atom is 0.241 e. The highest BCUT2D eigenvalue weighted by atomic mass is 32.2. The van der Waals surface area contributed by atoms with Crippen LogP contribution in [0.2, 0.25) is 0 Å². The number of fused-ring (bicyclic) bond motifs is 1. The van der Waals surface area contributed by atoms with Gasteiger partial charge in [-0.3, -0.25) is 0 Å². The average molecular weight is 292 g/mol. The van der Waals surface area contributed by atoms with Gasteiger partial charge in [0.25, 0.3) is 0 Å². The Morgan fingerprint density at radius 1 is 1.20 bits per heavy atom. The number of aryl methyl sites for hydroxylation is 2. The summed E-state index contributed by atoms with van der Waals surface area (Å²) in [6.45, 7) is 3.65. The number of nitrogens with zero attached hydrogens (tertiary/aromatic N) is 1. The van der Waals surface area contributed by atoms with Gasteiger partial charge in [0.1, 0.15) is 6.04 Å². The molecule has 0 saturated heterocycles. The van der Waals surface area contributed by atoms with Crippen molar-refractivity contribution < 1.29 is 8.42 Å². The topological polar surface area (TPSA) is 70.0 Å². The zero-order valence-corrected chi connectivity index (χ0v) is 12.7. The largest absolute Gasteiger partial charge is 0.241 e. The number of nitriles is 1. The number of nitrogens with one attached hydrogen (secondary N) is 1. The molecular formula is C15H20N2O2S. The highest BCUT2D eigenvalue weighted by molar-refractivity contribution is 7.89. The zero-order valence-electron chi connectivity index (χ0n) is 11.9. The van der Waals surface area contributed by atoms with Gasteiger partial charge in [0.2, 0.25) is 10.0 Å². The normalized spacial score (nSPS) is 16.5. The van der Waals surface area contributed by atoms with Gasteiger partial charge in [-0.05, 0) is 54.9 Å². The molecule has 1 atom stereocenters. The van der Waals surface area contributed by atoms with Gasteiger partial charge in [0.15, 0.2) is 0 Å². The van der Waals surface area contributed by atoms with Crippen molar-refractivity contribution in [2.75, 3.05) is 0 Å². The molecule has 0 aromatic heterocycles. The molecule has 0 bridgehead atoms. The molecule has 1 aromatic carbocycles. The minimum atomic E-state index is -3.62. The van der Waals surface area contributed by atoms with Crippen molar-refractivity contribution in [2.45, 2.75) is 50.5 Å². The molecule has 4 nitrogen and oxygen atoms in total. The Kier molecular flexibility index (Phi) is 4.46. The molecule has 20 heavy (non-hydrogen) atoms. The first kappa shape index (κ1) is 15.0. The fourth-order valence-corrected chi connectivity index (χ4v) is 3.76. The first-order valence-electron chi connectivity index (χ1n) is 6.98. The zero-order chi connectivity index (χ0) is 14.8. The standard InChI is InChI=1S/C15H20N2O2S/c1-11(2)15(10-16)17-20(18,19)14-8-7-12-5-3-4-6-13(12)9-14/h7-9,11,15,17H,3-6H2,1-2H3/t15-/m0/s1. The molecule has 0 radical (unpaired) electrons. The predicted molar refractivity (Wildman–Crippen MR) is 77.6 cm³/mol. The maximum atomic E-state index is 12.3. The van der Waals surface area contributed by atoms with Crippen molar-refractivity contribution in [3.05, 3.63) is 29.3 Å². The van der Waals surface area contributed by atoms with Crippen molar-refractivity contribution in [1.29, 1.82) is 5.26 Å². The van der Waals surface area contributed by atoms with Crippen LogP contribution in [0.5, 0.6) is 0 Å². The van der Waals surface area contributed by atoms with Crippen LogP contribution >= 0.6 is 0 Å². The molecule has 108 valence electrons. The van der Waals surface area contributed by atoms with Gasteiger partial charge in [-0.15, -0.1) is 0 Å². The summed E-state index contributed by atoms with van der Waals surface area (Å²) in [5.41, 5.74) is 2.37. The van der Waals surface area contributed by atoms with Crippen LogP contribution in [0.4, 0.5) is 0 Å². The fraction of sp³-hybridized carbons (Fsp3) is 0.533. The number of sulfonamides is 1. The Morgan fingerprint density at radius 2 is 1.85 bits per heavy atom. The third-order valence-electron chi connectivity index (χ3n) is 3.72. The second kappa shape index (κ2) is 5.94. The minimum absolute atomic E-state index is 0.0626. The third-order valence-corrected chi connectivity index (χ3v) is 5.16. The summed E-state index contributed by atoms with van der Waals surface area (Å²) in [7, 11) is -3.62. The Bertz CT molecular complexity index is 630. The summed E-state index contributed by atoms with van der Waals surface area (Å²) in [6, 6.07) is 6.60. The molecule has 5 heteroatoms. The number of hydrogen-bond donors (Lipinski definition) is 1. The number of benzene rings is 1. The van der Waals surface area contributed by atoms with Gasteiger partial charge >= 0.3 is 0 Å². The Balaban J connectivity index is 2.28. The summed E-state index contributed by atoms with van der Waals surface area (Å²) in [6.07, 6.45) is 4.23. The van der Waals surface area contributed by atoms with E-state index in [1.165, 1.54) is 12.0 Å². The number of rotatable bonds is 4. The first-order valence-corrected chi connectivity index (χ1v) is 8.46. The van der Waals surface area contributed by atoms with Gasteiger partial charge in [-0.1, -0.05) is 19.9 Å². The van der Waals surface area contributed by atoms with Crippen LogP contribution in [0.25, 0.3) is 0 Å². The molecule has 2 rings (SSSR count). The Morgan fingerprint density at radius 3 is 2.45 bits per heavy atom. The maximum absolute atomic E-state index is 12.3. The van der Waals surface area contributed by atoms with Gasteiger partial charge < -0.3 is 0 Å². The molecule has 1 aliphatic carbocycles. The molecule has 1 aromatic rings. The SMILES string of the molecule is CC(C)[C@H](C#N)NS(=O)(=O)c1ccc2c(c1)CCCC2. The predicted octanol–water partition coefficient (Wildman–Crippen LogP) is 2.39. The van der Waals surface area contributed by atoms with Crippen molar-refractivity contribution in [3.8, 4) is 6.07 Å². The Labute approximate surface area is 120 Å². The van der Waals surface area contributed by atoms with Gasteiger partial charge in [-0.2, -0.15) is 9.98 Å². The fourth-order valence-electron chi connectivity index (χ4n) is 2.42. The lowest BCUT2D eigenvalue weighted by Crippen LogP contribution is -2.37. The minimum Gasteiger partial charge on any atom is -0.207 e. The lowest BCUT2D eigenvalue weighted by atomic mass is 9.92. The van der Waals surface area contributed by atoms with E-state index in [-0.39, 0.29) is 10.8 Å². The lowest BCUT2D eigenvalue weighted by molar-refractivity contribution is 0.515. The third kappa shape index (κ3) is 3.20. The van der Waals surface area contributed by atoms with E-state index in [2.05, 4.69) is 4.72 Å². The summed E-state index contributed by atoms with van der Waals surface area (Å²) in [5.74, 6) is -0.0626. The molecule has 0 heterocycles. The van der Waals surface area contributed by atoms with Crippen LogP contribution < -0.4 is 4.72 Å². The van der Waals surface area contributed by atoms with Crippen molar-refractivity contribution >= 4 is 10.0 Å². The van der Waals surface area contributed by atoms with Crippen LogP contribution in [0.1, 0.15) is 37.8 Å². The van der Waals surface area contributed by atoms with Crippen LogP contribution in [-0.4, -0.2) is 14.5 Å². The van der Waals surface area contributed by atoms with Crippen LogP contribution in [0.15, 0.2) is 23.1 Å². The van der Waals surface area contributed by atoms with Crippen molar-refractivity contribution in [1.82, 2.24) is 4.72 Å². The second-order valence-electron chi connectivity index (χ2n) is 5.61. The highest BCUT2D eigenvalue weighted by Crippen LogP contribution is 2.24. The quantitative estimate of drug-likeness (QED) is 0.926. The van der Waals surface area contributed by atoms with E-state index < -0.39 is 16.1 Å². The molecule has 0 fully saturated rings. The molecule has 0 aliphatic heterocycles. The average Bonchev–Trinajstić information content (AvgIpc) is 2.44. The molecule has 0 unspecified atom stereocenters. The monoisotopic (exact) mass is 292 g/mol. The smallest absolute Gasteiger partial charge is 0.207 e. The molecule has 1 aliphatic rings. The van der Waals surface area contributed by atoms with E-state index in [1.807, 2.05) is 26.0 Å². The molecule has 0 saturated carbocycles. The summed E-state index contributed by atoms with van der Waals surface area (Å²) in [5, 5.41) is 9.02. The van der Waals surface area contributed by atoms with Gasteiger partial charge in [0.05, 0.1) is 11.0 Å². The summed E-state index contributed by atoms with van der Waals surface area (Å²) in [4.78, 5) is 0.263. The molecule has 0 spiro atoms. The van der Waals surface area contributed by atoms with Gasteiger partial charge in [0, 0.05) is 0 Å².